The number of nitrogens with zero attached hydrogens (tertiary/aromatic N) is 2. The van der Waals surface area contributed by atoms with Crippen LogP contribution in [0.5, 0.6) is 0 Å². The van der Waals surface area contributed by atoms with Crippen LogP contribution >= 0.6 is 15.9 Å². The van der Waals surface area contributed by atoms with Crippen molar-refractivity contribution in [2.45, 2.75) is 6.54 Å². The van der Waals surface area contributed by atoms with Crippen molar-refractivity contribution in [2.75, 3.05) is 0 Å². The fourth-order valence-corrected chi connectivity index (χ4v) is 3.24. The number of aromatic amines is 1. The molecule has 27 heavy (non-hydrogen) atoms. The van der Waals surface area contributed by atoms with E-state index in [1.54, 1.807) is 0 Å². The van der Waals surface area contributed by atoms with E-state index >= 15 is 0 Å². The van der Waals surface area contributed by atoms with Crippen molar-refractivity contribution in [1.82, 2.24) is 19.9 Å². The summed E-state index contributed by atoms with van der Waals surface area (Å²) in [5.74, 6) is -0.304. The van der Waals surface area contributed by atoms with Crippen LogP contribution < -0.4 is 10.9 Å². The van der Waals surface area contributed by atoms with Gasteiger partial charge in [-0.2, -0.15) is 0 Å². The smallest absolute Gasteiger partial charge is 0.273 e. The molecule has 0 aliphatic heterocycles. The van der Waals surface area contributed by atoms with E-state index in [0.717, 1.165) is 15.6 Å². The lowest BCUT2D eigenvalue weighted by molar-refractivity contribution is 0.0952. The topological polar surface area (TPSA) is 79.3 Å². The number of carbonyl (C=O) groups excluding carboxylic acids is 1. The summed E-state index contributed by atoms with van der Waals surface area (Å²) in [4.78, 5) is 29.6. The molecule has 0 unspecified atom stereocenters. The number of amides is 1. The Hall–Kier alpha value is -3.19. The number of hydrogen-bond donors (Lipinski definition) is 2. The first-order valence-electron chi connectivity index (χ1n) is 8.32. The third-order valence-electron chi connectivity index (χ3n) is 4.21. The number of rotatable bonds is 4. The second-order valence-electron chi connectivity index (χ2n) is 5.97. The molecule has 0 saturated heterocycles. The van der Waals surface area contributed by atoms with Crippen molar-refractivity contribution in [1.29, 1.82) is 0 Å². The van der Waals surface area contributed by atoms with Gasteiger partial charge in [0.1, 0.15) is 5.56 Å². The predicted octanol–water partition coefficient (Wildman–Crippen LogP) is 3.38. The number of H-pyrrole nitrogens is 1. The second kappa shape index (κ2) is 7.20. The molecule has 0 aliphatic carbocycles. The van der Waals surface area contributed by atoms with Crippen LogP contribution in [0.2, 0.25) is 0 Å². The molecule has 4 rings (SSSR count). The first kappa shape index (κ1) is 17.2. The lowest BCUT2D eigenvalue weighted by Gasteiger charge is -2.06. The highest BCUT2D eigenvalue weighted by atomic mass is 79.9. The minimum atomic E-state index is -0.304. The molecule has 2 N–H and O–H groups in total. The van der Waals surface area contributed by atoms with Crippen LogP contribution in [0, 0.1) is 0 Å². The molecule has 0 aliphatic rings. The molecule has 2 aromatic heterocycles. The molecule has 2 heterocycles. The molecule has 6 nitrogen and oxygen atoms in total. The summed E-state index contributed by atoms with van der Waals surface area (Å²) < 4.78 is 2.18. The zero-order valence-electron chi connectivity index (χ0n) is 14.1. The maximum Gasteiger partial charge on any atom is 0.273 e. The number of fused-ring (bicyclic) bond motifs is 1. The van der Waals surface area contributed by atoms with Gasteiger partial charge in [0, 0.05) is 28.8 Å². The molecule has 2 aromatic carbocycles. The number of aromatic nitrogens is 3. The summed E-state index contributed by atoms with van der Waals surface area (Å²) in [6.07, 6.45) is 1.49. The van der Waals surface area contributed by atoms with Crippen LogP contribution in [0.3, 0.4) is 0 Å². The average Bonchev–Trinajstić information content (AvgIpc) is 3.12. The fraction of sp³-hybridized carbons (Fsp3) is 0.0500. The summed E-state index contributed by atoms with van der Waals surface area (Å²) in [5.41, 5.74) is 2.64. The van der Waals surface area contributed by atoms with E-state index in [1.807, 2.05) is 54.6 Å². The van der Waals surface area contributed by atoms with E-state index in [9.17, 15) is 9.59 Å². The third kappa shape index (κ3) is 3.41. The number of hydrogen-bond acceptors (Lipinski definition) is 3. The zero-order chi connectivity index (χ0) is 18.8. The van der Waals surface area contributed by atoms with E-state index in [2.05, 4.69) is 31.3 Å². The van der Waals surface area contributed by atoms with Gasteiger partial charge in [0.25, 0.3) is 11.5 Å². The molecule has 7 heteroatoms. The van der Waals surface area contributed by atoms with Crippen LogP contribution in [-0.2, 0) is 6.54 Å². The van der Waals surface area contributed by atoms with Crippen molar-refractivity contribution >= 4 is 27.5 Å². The van der Waals surface area contributed by atoms with Crippen LogP contribution in [0.25, 0.3) is 16.9 Å². The minimum Gasteiger partial charge on any atom is -0.348 e. The average molecular weight is 423 g/mol. The van der Waals surface area contributed by atoms with Gasteiger partial charge in [-0.3, -0.25) is 14.7 Å². The molecule has 0 fully saturated rings. The van der Waals surface area contributed by atoms with Gasteiger partial charge in [0.05, 0.1) is 5.69 Å². The second-order valence-corrected chi connectivity index (χ2v) is 6.82. The summed E-state index contributed by atoms with van der Waals surface area (Å²) >= 11 is 3.46. The van der Waals surface area contributed by atoms with E-state index in [0.29, 0.717) is 23.4 Å². The van der Waals surface area contributed by atoms with Gasteiger partial charge in [-0.05, 0) is 11.6 Å². The Morgan fingerprint density at radius 3 is 2.63 bits per heavy atom. The van der Waals surface area contributed by atoms with Crippen LogP contribution in [0.15, 0.2) is 76.1 Å². The molecule has 1 amide bonds. The lowest BCUT2D eigenvalue weighted by Crippen LogP contribution is -2.23. The van der Waals surface area contributed by atoms with Crippen molar-refractivity contribution < 1.29 is 4.79 Å². The molecular weight excluding hydrogens is 408 g/mol. The Morgan fingerprint density at radius 2 is 1.85 bits per heavy atom. The summed E-state index contributed by atoms with van der Waals surface area (Å²) in [6.45, 7) is 0.361. The normalized spacial score (nSPS) is 10.9. The first-order valence-corrected chi connectivity index (χ1v) is 9.11. The van der Waals surface area contributed by atoms with Gasteiger partial charge in [-0.15, -0.1) is 0 Å². The molecule has 134 valence electrons. The Labute approximate surface area is 163 Å². The van der Waals surface area contributed by atoms with E-state index in [4.69, 9.17) is 0 Å². The lowest BCUT2D eigenvalue weighted by atomic mass is 10.1. The Bertz CT molecular complexity index is 1180. The molecule has 4 aromatic rings. The van der Waals surface area contributed by atoms with Crippen LogP contribution in [0.4, 0.5) is 0 Å². The van der Waals surface area contributed by atoms with Crippen molar-refractivity contribution in [3.8, 4) is 11.3 Å². The number of halogens is 1. The maximum atomic E-state index is 12.7. The quantitative estimate of drug-likeness (QED) is 0.528. The predicted molar refractivity (Wildman–Crippen MR) is 107 cm³/mol. The number of carbonyl (C=O) groups is 1. The highest BCUT2D eigenvalue weighted by molar-refractivity contribution is 9.10. The Morgan fingerprint density at radius 1 is 1.11 bits per heavy atom. The Kier molecular flexibility index (Phi) is 4.60. The van der Waals surface area contributed by atoms with Gasteiger partial charge in [-0.25, -0.2) is 9.50 Å². The summed E-state index contributed by atoms with van der Waals surface area (Å²) in [6, 6.07) is 18.5. The molecule has 0 saturated carbocycles. The Balaban J connectivity index is 1.67. The fourth-order valence-electron chi connectivity index (χ4n) is 2.82. The monoisotopic (exact) mass is 422 g/mol. The summed E-state index contributed by atoms with van der Waals surface area (Å²) in [5, 5.41) is 5.67. The highest BCUT2D eigenvalue weighted by Crippen LogP contribution is 2.18. The molecule has 0 bridgehead atoms. The molecular formula is C20H15BrN4O2. The number of benzene rings is 2. The van der Waals surface area contributed by atoms with Crippen LogP contribution in [0.1, 0.15) is 15.9 Å². The maximum absolute atomic E-state index is 12.7. The van der Waals surface area contributed by atoms with Crippen molar-refractivity contribution in [3.05, 3.63) is 92.8 Å². The highest BCUT2D eigenvalue weighted by Gasteiger charge is 2.16. The molecule has 0 spiro atoms. The molecule has 0 radical (unpaired) electrons. The van der Waals surface area contributed by atoms with E-state index in [1.165, 1.54) is 16.8 Å². The van der Waals surface area contributed by atoms with E-state index < -0.39 is 0 Å². The minimum absolute atomic E-state index is 0.274. The SMILES string of the molecule is O=C(NCc1ccccc1Br)c1c[nH]n2c(=O)cc(-c3ccccc3)nc12. The summed E-state index contributed by atoms with van der Waals surface area (Å²) in [7, 11) is 0. The first-order chi connectivity index (χ1) is 13.1. The van der Waals surface area contributed by atoms with Crippen LogP contribution in [-0.4, -0.2) is 20.5 Å². The van der Waals surface area contributed by atoms with Gasteiger partial charge >= 0.3 is 0 Å². The van der Waals surface area contributed by atoms with Gasteiger partial charge in [0.2, 0.25) is 0 Å². The van der Waals surface area contributed by atoms with Gasteiger partial charge in [0.15, 0.2) is 5.65 Å². The van der Waals surface area contributed by atoms with Gasteiger partial charge in [-0.1, -0.05) is 64.5 Å². The standard InChI is InChI=1S/C20H15BrN4O2/c21-16-9-5-4-8-14(16)11-22-20(27)15-12-23-25-18(26)10-17(24-19(15)25)13-6-2-1-3-7-13/h1-10,12,23H,11H2,(H,22,27). The third-order valence-corrected chi connectivity index (χ3v) is 4.98. The van der Waals surface area contributed by atoms with Crippen molar-refractivity contribution in [2.24, 2.45) is 0 Å². The number of nitrogens with one attached hydrogen (secondary N) is 2. The van der Waals surface area contributed by atoms with E-state index in [-0.39, 0.29) is 11.5 Å². The largest absolute Gasteiger partial charge is 0.348 e. The zero-order valence-corrected chi connectivity index (χ0v) is 15.7. The van der Waals surface area contributed by atoms with Gasteiger partial charge < -0.3 is 5.32 Å². The molecule has 0 atom stereocenters. The van der Waals surface area contributed by atoms with Crippen molar-refractivity contribution in [3.63, 3.8) is 0 Å².